The third-order valence-corrected chi connectivity index (χ3v) is 7.45. The van der Waals surface area contributed by atoms with E-state index in [1.54, 1.807) is 37.4 Å². The Labute approximate surface area is 185 Å². The summed E-state index contributed by atoms with van der Waals surface area (Å²) in [5.74, 6) is -0.142. The molecule has 0 aliphatic carbocycles. The Hall–Kier alpha value is -2.33. The van der Waals surface area contributed by atoms with Crippen LogP contribution in [0.1, 0.15) is 5.56 Å². The number of benzene rings is 2. The number of carbonyl (C=O) groups is 1. The van der Waals surface area contributed by atoms with E-state index in [4.69, 9.17) is 11.6 Å². The zero-order valence-corrected chi connectivity index (χ0v) is 19.1. The van der Waals surface area contributed by atoms with Gasteiger partial charge in [-0.2, -0.15) is 0 Å². The highest BCUT2D eigenvalue weighted by Gasteiger charge is 2.20. The van der Waals surface area contributed by atoms with Gasteiger partial charge in [0.25, 0.3) is 0 Å². The molecule has 0 spiro atoms. The maximum atomic E-state index is 12.5. The number of hydrogen-bond acceptors (Lipinski definition) is 5. The summed E-state index contributed by atoms with van der Waals surface area (Å²) in [4.78, 5) is 16.9. The average Bonchev–Trinajstić information content (AvgIpc) is 3.17. The van der Waals surface area contributed by atoms with Crippen LogP contribution < -0.4 is 5.32 Å². The number of nitrogens with zero attached hydrogens (tertiary/aromatic N) is 3. The lowest BCUT2D eigenvalue weighted by Gasteiger charge is -2.15. The molecular formula is C20H21ClN4O3S2. The van der Waals surface area contributed by atoms with Crippen molar-refractivity contribution in [1.29, 1.82) is 0 Å². The van der Waals surface area contributed by atoms with Crippen LogP contribution in [0.4, 0.5) is 5.69 Å². The molecule has 3 rings (SSSR count). The third-order valence-electron chi connectivity index (χ3n) is 4.27. The van der Waals surface area contributed by atoms with Gasteiger partial charge in [-0.3, -0.25) is 9.36 Å². The topological polar surface area (TPSA) is 84.3 Å². The van der Waals surface area contributed by atoms with Gasteiger partial charge >= 0.3 is 0 Å². The van der Waals surface area contributed by atoms with Crippen LogP contribution in [0.25, 0.3) is 5.69 Å². The van der Waals surface area contributed by atoms with Crippen LogP contribution in [0.15, 0.2) is 64.9 Å². The van der Waals surface area contributed by atoms with Crippen LogP contribution in [0.5, 0.6) is 0 Å². The average molecular weight is 465 g/mol. The lowest BCUT2D eigenvalue weighted by atomic mass is 10.2. The standard InChI is InChI=1S/C20H21ClN4O3S2/c1-14-4-7-16(12-18(14)30(27,28)24(2)3)23-19(26)13-29-20-22-10-11-25(20)17-8-5-15(21)6-9-17/h4-12H,13H2,1-3H3,(H,23,26). The summed E-state index contributed by atoms with van der Waals surface area (Å²) in [5.41, 5.74) is 1.92. The maximum Gasteiger partial charge on any atom is 0.242 e. The maximum absolute atomic E-state index is 12.5. The Morgan fingerprint density at radius 1 is 1.20 bits per heavy atom. The van der Waals surface area contributed by atoms with Crippen molar-refractivity contribution in [2.75, 3.05) is 25.2 Å². The summed E-state index contributed by atoms with van der Waals surface area (Å²) in [6.45, 7) is 1.72. The normalized spacial score (nSPS) is 11.6. The summed E-state index contributed by atoms with van der Waals surface area (Å²) in [6, 6.07) is 12.1. The third kappa shape index (κ3) is 5.04. The number of halogens is 1. The number of rotatable bonds is 7. The van der Waals surface area contributed by atoms with Crippen LogP contribution in [0.2, 0.25) is 5.02 Å². The van der Waals surface area contributed by atoms with Crippen LogP contribution in [0.3, 0.4) is 0 Å². The second kappa shape index (κ2) is 9.22. The summed E-state index contributed by atoms with van der Waals surface area (Å²) < 4.78 is 27.9. The van der Waals surface area contributed by atoms with Crippen molar-refractivity contribution < 1.29 is 13.2 Å². The highest BCUT2D eigenvalue weighted by molar-refractivity contribution is 7.99. The molecule has 1 N–H and O–H groups in total. The van der Waals surface area contributed by atoms with E-state index in [1.165, 1.54) is 31.9 Å². The van der Waals surface area contributed by atoms with Gasteiger partial charge in [0.2, 0.25) is 15.9 Å². The Kier molecular flexibility index (Phi) is 6.87. The van der Waals surface area contributed by atoms with E-state index >= 15 is 0 Å². The van der Waals surface area contributed by atoms with Crippen molar-refractivity contribution in [2.24, 2.45) is 0 Å². The predicted molar refractivity (Wildman–Crippen MR) is 120 cm³/mol. The minimum absolute atomic E-state index is 0.119. The van der Waals surface area contributed by atoms with Gasteiger partial charge in [0.05, 0.1) is 10.6 Å². The first-order valence-electron chi connectivity index (χ1n) is 8.93. The molecule has 1 amide bonds. The van der Waals surface area contributed by atoms with Crippen molar-refractivity contribution in [3.8, 4) is 5.69 Å². The van der Waals surface area contributed by atoms with E-state index in [0.717, 1.165) is 9.99 Å². The largest absolute Gasteiger partial charge is 0.325 e. The molecule has 0 bridgehead atoms. The van der Waals surface area contributed by atoms with Gasteiger partial charge in [0.1, 0.15) is 0 Å². The quantitative estimate of drug-likeness (QED) is 0.537. The van der Waals surface area contributed by atoms with Crippen molar-refractivity contribution in [3.05, 3.63) is 65.4 Å². The number of thioether (sulfide) groups is 1. The van der Waals surface area contributed by atoms with E-state index in [0.29, 0.717) is 21.4 Å². The second-order valence-corrected chi connectivity index (χ2v) is 10.2. The van der Waals surface area contributed by atoms with Gasteiger partial charge in [0.15, 0.2) is 5.16 Å². The fourth-order valence-corrected chi connectivity index (χ4v) is 4.72. The van der Waals surface area contributed by atoms with E-state index in [2.05, 4.69) is 10.3 Å². The fourth-order valence-electron chi connectivity index (χ4n) is 2.67. The van der Waals surface area contributed by atoms with Gasteiger partial charge in [-0.1, -0.05) is 29.4 Å². The molecule has 0 fully saturated rings. The first-order valence-corrected chi connectivity index (χ1v) is 11.7. The number of anilines is 1. The van der Waals surface area contributed by atoms with Gasteiger partial charge < -0.3 is 5.32 Å². The summed E-state index contributed by atoms with van der Waals surface area (Å²) in [5, 5.41) is 4.05. The van der Waals surface area contributed by atoms with Crippen molar-refractivity contribution in [2.45, 2.75) is 17.0 Å². The number of hydrogen-bond donors (Lipinski definition) is 1. The lowest BCUT2D eigenvalue weighted by Crippen LogP contribution is -2.23. The van der Waals surface area contributed by atoms with Crippen LogP contribution in [-0.4, -0.2) is 48.0 Å². The van der Waals surface area contributed by atoms with Gasteiger partial charge in [-0.25, -0.2) is 17.7 Å². The summed E-state index contributed by atoms with van der Waals surface area (Å²) >= 11 is 7.21. The zero-order valence-electron chi connectivity index (χ0n) is 16.7. The molecule has 1 heterocycles. The molecule has 0 unspecified atom stereocenters. The minimum atomic E-state index is -3.60. The number of nitrogens with one attached hydrogen (secondary N) is 1. The Morgan fingerprint density at radius 2 is 1.90 bits per heavy atom. The molecule has 0 saturated carbocycles. The number of carbonyl (C=O) groups excluding carboxylic acids is 1. The lowest BCUT2D eigenvalue weighted by molar-refractivity contribution is -0.113. The van der Waals surface area contributed by atoms with Crippen molar-refractivity contribution >= 4 is 45.0 Å². The van der Waals surface area contributed by atoms with Crippen molar-refractivity contribution in [1.82, 2.24) is 13.9 Å². The number of amides is 1. The van der Waals surface area contributed by atoms with Gasteiger partial charge in [-0.05, 0) is 48.9 Å². The predicted octanol–water partition coefficient (Wildman–Crippen LogP) is 3.82. The molecule has 30 heavy (non-hydrogen) atoms. The van der Waals surface area contributed by atoms with Crippen LogP contribution >= 0.6 is 23.4 Å². The van der Waals surface area contributed by atoms with E-state index in [9.17, 15) is 13.2 Å². The molecule has 0 atom stereocenters. The van der Waals surface area contributed by atoms with Gasteiger partial charge in [0, 0.05) is 42.9 Å². The Balaban J connectivity index is 1.69. The molecule has 7 nitrogen and oxygen atoms in total. The smallest absolute Gasteiger partial charge is 0.242 e. The molecule has 158 valence electrons. The SMILES string of the molecule is Cc1ccc(NC(=O)CSc2nccn2-c2ccc(Cl)cc2)cc1S(=O)(=O)N(C)C. The number of imidazole rings is 1. The fraction of sp³-hybridized carbons (Fsp3) is 0.200. The molecule has 0 saturated heterocycles. The van der Waals surface area contributed by atoms with Crippen LogP contribution in [-0.2, 0) is 14.8 Å². The van der Waals surface area contributed by atoms with Crippen LogP contribution in [0, 0.1) is 6.92 Å². The molecule has 0 radical (unpaired) electrons. The molecular weight excluding hydrogens is 444 g/mol. The molecule has 10 heteroatoms. The highest BCUT2D eigenvalue weighted by Crippen LogP contribution is 2.24. The number of aromatic nitrogens is 2. The Bertz CT molecular complexity index is 1160. The zero-order chi connectivity index (χ0) is 21.9. The number of aryl methyl sites for hydroxylation is 1. The first kappa shape index (κ1) is 22.4. The van der Waals surface area contributed by atoms with E-state index in [1.807, 2.05) is 22.9 Å². The molecule has 2 aromatic carbocycles. The highest BCUT2D eigenvalue weighted by atomic mass is 35.5. The van der Waals surface area contributed by atoms with Gasteiger partial charge in [-0.15, -0.1) is 0 Å². The molecule has 3 aromatic rings. The second-order valence-electron chi connectivity index (χ2n) is 6.66. The molecule has 1 aromatic heterocycles. The monoisotopic (exact) mass is 464 g/mol. The minimum Gasteiger partial charge on any atom is -0.325 e. The summed E-state index contributed by atoms with van der Waals surface area (Å²) in [7, 11) is -0.655. The molecule has 0 aliphatic heterocycles. The van der Waals surface area contributed by atoms with E-state index in [-0.39, 0.29) is 16.6 Å². The molecule has 0 aliphatic rings. The Morgan fingerprint density at radius 3 is 2.57 bits per heavy atom. The summed E-state index contributed by atoms with van der Waals surface area (Å²) in [6.07, 6.45) is 3.47. The van der Waals surface area contributed by atoms with E-state index < -0.39 is 10.0 Å². The number of sulfonamides is 1. The first-order chi connectivity index (χ1) is 14.2. The van der Waals surface area contributed by atoms with Crippen molar-refractivity contribution in [3.63, 3.8) is 0 Å².